The second-order valence-electron chi connectivity index (χ2n) is 5.28. The van der Waals surface area contributed by atoms with Gasteiger partial charge in [0, 0.05) is 37.8 Å². The van der Waals surface area contributed by atoms with Crippen molar-refractivity contribution < 1.29 is 4.79 Å². The van der Waals surface area contributed by atoms with Gasteiger partial charge in [-0.05, 0) is 6.92 Å². The van der Waals surface area contributed by atoms with Crippen molar-refractivity contribution in [1.29, 1.82) is 0 Å². The first-order chi connectivity index (χ1) is 10.0. The molecule has 0 spiro atoms. The van der Waals surface area contributed by atoms with E-state index in [1.165, 1.54) is 0 Å². The Morgan fingerprint density at radius 1 is 1.52 bits per heavy atom. The number of rotatable bonds is 7. The van der Waals surface area contributed by atoms with Crippen molar-refractivity contribution >= 4 is 28.0 Å². The number of hydrogen-bond donors (Lipinski definition) is 2. The molecule has 2 N–H and O–H groups in total. The fourth-order valence-corrected chi connectivity index (χ4v) is 2.86. The molecule has 0 saturated carbocycles. The number of likely N-dealkylation sites (N-methyl/N-ethyl adjacent to an activating group) is 2. The molecule has 0 aliphatic heterocycles. The van der Waals surface area contributed by atoms with Gasteiger partial charge < -0.3 is 15.5 Å². The highest BCUT2D eigenvalue weighted by molar-refractivity contribution is 7.15. The molecule has 2 aromatic rings. The lowest BCUT2D eigenvalue weighted by Crippen LogP contribution is -2.36. The van der Waals surface area contributed by atoms with Crippen LogP contribution in [0.1, 0.15) is 26.5 Å². The third-order valence-corrected chi connectivity index (χ3v) is 3.89. The molecule has 0 aliphatic carbocycles. The Kier molecular flexibility index (Phi) is 5.19. The zero-order valence-corrected chi connectivity index (χ0v) is 13.8. The fourth-order valence-electron chi connectivity index (χ4n) is 2.14. The molecule has 0 atom stereocenters. The number of imidazole rings is 1. The number of amides is 1. The number of nitrogens with one attached hydrogen (secondary N) is 2. The van der Waals surface area contributed by atoms with E-state index in [-0.39, 0.29) is 5.91 Å². The minimum Gasteiger partial charge on any atom is -0.355 e. The van der Waals surface area contributed by atoms with Crippen LogP contribution in [-0.2, 0) is 11.3 Å². The van der Waals surface area contributed by atoms with Crippen molar-refractivity contribution in [3.8, 4) is 0 Å². The van der Waals surface area contributed by atoms with Crippen molar-refractivity contribution in [3.05, 3.63) is 17.3 Å². The van der Waals surface area contributed by atoms with E-state index in [9.17, 15) is 4.79 Å². The fraction of sp³-hybridized carbons (Fsp3) is 0.571. The molecule has 0 bridgehead atoms. The summed E-state index contributed by atoms with van der Waals surface area (Å²) >= 11 is 1.60. The number of thiazole rings is 1. The molecule has 2 aromatic heterocycles. The van der Waals surface area contributed by atoms with Gasteiger partial charge in [0.1, 0.15) is 0 Å². The predicted octanol–water partition coefficient (Wildman–Crippen LogP) is 1.47. The average Bonchev–Trinajstić information content (AvgIpc) is 2.96. The first kappa shape index (κ1) is 15.8. The number of anilines is 1. The standard InChI is InChI=1S/C14H23N5OS/c1-5-15-12(20)9-18(4)13-11(8-16-10(2)3)19-6-7-21-14(19)17-13/h6-7,10,16H,5,8-9H2,1-4H3,(H,15,20). The molecular weight excluding hydrogens is 286 g/mol. The Hall–Kier alpha value is -1.60. The Morgan fingerprint density at radius 3 is 2.95 bits per heavy atom. The van der Waals surface area contributed by atoms with Crippen LogP contribution in [-0.4, -0.2) is 41.5 Å². The maximum atomic E-state index is 11.8. The van der Waals surface area contributed by atoms with Crippen LogP contribution < -0.4 is 15.5 Å². The molecule has 116 valence electrons. The summed E-state index contributed by atoms with van der Waals surface area (Å²) in [4.78, 5) is 19.3. The van der Waals surface area contributed by atoms with Crippen molar-refractivity contribution in [2.24, 2.45) is 0 Å². The molecule has 0 unspecified atom stereocenters. The van der Waals surface area contributed by atoms with Gasteiger partial charge >= 0.3 is 0 Å². The summed E-state index contributed by atoms with van der Waals surface area (Å²) in [5, 5.41) is 8.26. The Balaban J connectivity index is 2.22. The maximum absolute atomic E-state index is 11.8. The van der Waals surface area contributed by atoms with Gasteiger partial charge in [-0.15, -0.1) is 11.3 Å². The highest BCUT2D eigenvalue weighted by Gasteiger charge is 2.18. The second kappa shape index (κ2) is 6.91. The monoisotopic (exact) mass is 309 g/mol. The Bertz CT molecular complexity index is 604. The summed E-state index contributed by atoms with van der Waals surface area (Å²) in [6.45, 7) is 7.83. The van der Waals surface area contributed by atoms with Crippen LogP contribution in [0.15, 0.2) is 11.6 Å². The van der Waals surface area contributed by atoms with Crippen molar-refractivity contribution in [1.82, 2.24) is 20.0 Å². The quantitative estimate of drug-likeness (QED) is 0.813. The van der Waals surface area contributed by atoms with E-state index in [1.807, 2.05) is 30.4 Å². The van der Waals surface area contributed by atoms with Crippen LogP contribution in [0, 0.1) is 0 Å². The average molecular weight is 309 g/mol. The number of aromatic nitrogens is 2. The third kappa shape index (κ3) is 3.74. The lowest BCUT2D eigenvalue weighted by Gasteiger charge is -2.18. The zero-order valence-electron chi connectivity index (χ0n) is 13.0. The van der Waals surface area contributed by atoms with Gasteiger partial charge in [0.25, 0.3) is 0 Å². The van der Waals surface area contributed by atoms with Gasteiger partial charge in [0.05, 0.1) is 12.2 Å². The number of carbonyl (C=O) groups excluding carboxylic acids is 1. The third-order valence-electron chi connectivity index (χ3n) is 3.13. The molecule has 2 heterocycles. The van der Waals surface area contributed by atoms with Crippen LogP contribution in [0.3, 0.4) is 0 Å². The van der Waals surface area contributed by atoms with Gasteiger partial charge in [-0.1, -0.05) is 13.8 Å². The van der Waals surface area contributed by atoms with E-state index < -0.39 is 0 Å². The first-order valence-electron chi connectivity index (χ1n) is 7.18. The summed E-state index contributed by atoms with van der Waals surface area (Å²) in [6.07, 6.45) is 2.02. The number of fused-ring (bicyclic) bond motifs is 1. The molecule has 7 heteroatoms. The molecule has 0 radical (unpaired) electrons. The lowest BCUT2D eigenvalue weighted by atomic mass is 10.3. The summed E-state index contributed by atoms with van der Waals surface area (Å²) < 4.78 is 2.09. The predicted molar refractivity (Wildman–Crippen MR) is 87.0 cm³/mol. The molecule has 2 rings (SSSR count). The Morgan fingerprint density at radius 2 is 2.29 bits per heavy atom. The molecule has 1 amide bonds. The minimum atomic E-state index is 0.0131. The summed E-state index contributed by atoms with van der Waals surface area (Å²) in [5.41, 5.74) is 1.09. The molecule has 0 aliphatic rings. The van der Waals surface area contributed by atoms with E-state index in [2.05, 4.69) is 33.9 Å². The van der Waals surface area contributed by atoms with E-state index >= 15 is 0 Å². The van der Waals surface area contributed by atoms with Gasteiger partial charge in [-0.2, -0.15) is 0 Å². The molecule has 6 nitrogen and oxygen atoms in total. The van der Waals surface area contributed by atoms with Crippen LogP contribution >= 0.6 is 11.3 Å². The summed E-state index contributed by atoms with van der Waals surface area (Å²) in [6, 6.07) is 0.399. The molecule has 0 aromatic carbocycles. The smallest absolute Gasteiger partial charge is 0.239 e. The highest BCUT2D eigenvalue weighted by Crippen LogP contribution is 2.23. The zero-order chi connectivity index (χ0) is 15.4. The maximum Gasteiger partial charge on any atom is 0.239 e. The van der Waals surface area contributed by atoms with Crippen LogP contribution in [0.5, 0.6) is 0 Å². The Labute approximate surface area is 129 Å². The topological polar surface area (TPSA) is 61.7 Å². The molecule has 21 heavy (non-hydrogen) atoms. The van der Waals surface area contributed by atoms with Crippen molar-refractivity contribution in [2.45, 2.75) is 33.4 Å². The first-order valence-corrected chi connectivity index (χ1v) is 8.06. The van der Waals surface area contributed by atoms with E-state index in [1.54, 1.807) is 11.3 Å². The van der Waals surface area contributed by atoms with Gasteiger partial charge in [0.2, 0.25) is 5.91 Å². The van der Waals surface area contributed by atoms with Crippen LogP contribution in [0.4, 0.5) is 5.82 Å². The van der Waals surface area contributed by atoms with E-state index in [0.717, 1.165) is 23.0 Å². The largest absolute Gasteiger partial charge is 0.355 e. The number of carbonyl (C=O) groups is 1. The highest BCUT2D eigenvalue weighted by atomic mass is 32.1. The van der Waals surface area contributed by atoms with Gasteiger partial charge in [-0.25, -0.2) is 4.98 Å². The van der Waals surface area contributed by atoms with Crippen LogP contribution in [0.25, 0.3) is 4.96 Å². The molecular formula is C14H23N5OS. The summed E-state index contributed by atoms with van der Waals surface area (Å²) in [7, 11) is 1.90. The normalized spacial score (nSPS) is 11.3. The SMILES string of the molecule is CCNC(=O)CN(C)c1nc2sccn2c1CNC(C)C. The molecule has 0 saturated heterocycles. The van der Waals surface area contributed by atoms with Gasteiger partial charge in [-0.3, -0.25) is 9.20 Å². The molecule has 0 fully saturated rings. The van der Waals surface area contributed by atoms with E-state index in [0.29, 0.717) is 19.1 Å². The minimum absolute atomic E-state index is 0.0131. The summed E-state index contributed by atoms with van der Waals surface area (Å²) in [5.74, 6) is 0.875. The second-order valence-corrected chi connectivity index (χ2v) is 6.16. The number of hydrogen-bond acceptors (Lipinski definition) is 5. The lowest BCUT2D eigenvalue weighted by molar-refractivity contribution is -0.119. The van der Waals surface area contributed by atoms with Crippen molar-refractivity contribution in [3.63, 3.8) is 0 Å². The number of nitrogens with zero attached hydrogens (tertiary/aromatic N) is 3. The van der Waals surface area contributed by atoms with E-state index in [4.69, 9.17) is 0 Å². The van der Waals surface area contributed by atoms with Crippen molar-refractivity contribution in [2.75, 3.05) is 25.0 Å². The van der Waals surface area contributed by atoms with Crippen LogP contribution in [0.2, 0.25) is 0 Å². The van der Waals surface area contributed by atoms with Gasteiger partial charge in [0.15, 0.2) is 10.8 Å².